The summed E-state index contributed by atoms with van der Waals surface area (Å²) in [6.45, 7) is -2.55. The zero-order valence-electron chi connectivity index (χ0n) is 61.9. The molecule has 9 saturated heterocycles. The molecule has 9 aliphatic rings. The second kappa shape index (κ2) is 40.9. The average molecular weight is 1670 g/mol. The van der Waals surface area contributed by atoms with Crippen molar-refractivity contribution >= 4 is 29.5 Å². The molecule has 0 radical (unpaired) electrons. The van der Waals surface area contributed by atoms with E-state index in [-0.39, 0.29) is 0 Å². The van der Waals surface area contributed by atoms with Gasteiger partial charge in [-0.3, -0.25) is 24.0 Å². The lowest BCUT2D eigenvalue weighted by molar-refractivity contribution is -0.402. The summed E-state index contributed by atoms with van der Waals surface area (Å²) in [5.74, 6) is -4.38. The minimum Gasteiger partial charge on any atom is -0.394 e. The lowest BCUT2D eigenvalue weighted by Gasteiger charge is -2.52. The van der Waals surface area contributed by atoms with Crippen LogP contribution in [0.15, 0.2) is 0 Å². The Morgan fingerprint density at radius 2 is 0.482 bits per heavy atom. The first-order valence-corrected chi connectivity index (χ1v) is 36.5. The van der Waals surface area contributed by atoms with Gasteiger partial charge in [-0.2, -0.15) is 0 Å². The van der Waals surface area contributed by atoms with E-state index in [1.165, 1.54) is 6.92 Å². The fraction of sp³-hybridized carbons (Fsp3) is 0.922. The van der Waals surface area contributed by atoms with Crippen LogP contribution in [0.2, 0.25) is 0 Å². The van der Waals surface area contributed by atoms with Crippen LogP contribution < -0.4 is 26.6 Å². The number of carbonyl (C=O) groups is 5. The lowest BCUT2D eigenvalue weighted by Crippen LogP contribution is -2.71. The third-order valence-electron chi connectivity index (χ3n) is 20.7. The fourth-order valence-electron chi connectivity index (χ4n) is 14.9. The largest absolute Gasteiger partial charge is 0.394 e. The second-order valence-electron chi connectivity index (χ2n) is 28.8. The molecule has 0 bridgehead atoms. The summed E-state index contributed by atoms with van der Waals surface area (Å²) in [7, 11) is 0. The van der Waals surface area contributed by atoms with E-state index in [4.69, 9.17) is 80.5 Å². The van der Waals surface area contributed by atoms with Gasteiger partial charge in [0.15, 0.2) is 56.6 Å². The molecule has 0 aromatic carbocycles. The van der Waals surface area contributed by atoms with Crippen molar-refractivity contribution in [1.29, 1.82) is 0 Å². The van der Waals surface area contributed by atoms with Crippen LogP contribution in [0.5, 0.6) is 0 Å². The van der Waals surface area contributed by atoms with Gasteiger partial charge in [0, 0.05) is 34.6 Å². The molecule has 9 fully saturated rings. The first kappa shape index (κ1) is 93.6. The standard InChI is InChI=1S/C64H107N5O45/c1-15-34(83)44(93)45(94)61(98-15)114-55-54(113-57-29(65-16(2)78)40(89)35(84)21(7-70)100-57)39(88)25(11-74)103-64(55)109-50-28(14-77)106-60(32(43(50)92)68-19(5)81)112-53-38(87)24(10-73)102-63(47(53)96)108-49-27(13-76)105-59(31(42(49)91)67-18(4)80)111-52-37(86)23(9-72)101-62(46(52)95)107-48-26(12-75)104-58(30(41(48)90)66-17(3)79)110-51-33(69-20(6)82)56(97)99-22(8-71)36(51)85/h15,21-64,70-77,83-97H,7-14H2,1-6H3,(H,65,78)(H,66,79)(H,67,80)(H,68,81)(H,69,82)/t15-,21+,22+,23+,24+,25+,26+,27+,28+,29+,30+,31+,32+,33+,34+,35-,36-,37-,38-,39-,40+,41+,42+,43+,44+,45-,46+,47+,48+,49+,50+,51+,52-,53-,54-,55+,56?,57+,58-,59-,60-,61-,62-,63-,64-/m0/s1. The van der Waals surface area contributed by atoms with E-state index >= 15 is 0 Å². The summed E-state index contributed by atoms with van der Waals surface area (Å²) in [6.07, 6.45) is -80.3. The third kappa shape index (κ3) is 20.7. The van der Waals surface area contributed by atoms with Crippen LogP contribution in [0, 0.1) is 0 Å². The molecule has 1 unspecified atom stereocenters. The van der Waals surface area contributed by atoms with E-state index in [9.17, 15) is 141 Å². The molecule has 45 atom stereocenters. The number of amides is 5. The molecular formula is C64H107N5O45. The summed E-state index contributed by atoms with van der Waals surface area (Å²) in [4.78, 5) is 63.5. The van der Waals surface area contributed by atoms with E-state index in [1.54, 1.807) is 0 Å². The molecule has 28 N–H and O–H groups in total. The summed E-state index contributed by atoms with van der Waals surface area (Å²) >= 11 is 0. The van der Waals surface area contributed by atoms with Gasteiger partial charge in [0.05, 0.1) is 59.0 Å². The van der Waals surface area contributed by atoms with Crippen LogP contribution >= 0.6 is 0 Å². The van der Waals surface area contributed by atoms with E-state index in [0.29, 0.717) is 0 Å². The smallest absolute Gasteiger partial charge is 0.217 e. The number of hydrogen-bond acceptors (Lipinski definition) is 45. The SMILES string of the molecule is CC(=O)N[C@H]1[C@H](O[C@H]2[C@@H](O)[C@@H](CO)O[C@@H](O[C@H]3[C@H](O)[C@@H](NC(C)=O)[C@H](O[C@H]4[C@@H](O)[C@@H](CO)OC(O)[C@@H]4NC(C)=O)O[C@@H]3CO)[C@@H]2O)O[C@H](CO)[C@@H](O[C@@H]2O[C@H](CO)[C@H](O)[C@H](O[C@@H]3O[C@H](CO)[C@@H](O[C@@H]4O[C@H](CO)[C@H](O)[C@H](O[C@H]5O[C@H](CO)[C@H](O)[C@H](O)[C@H]5NC(C)=O)[C@H]4O[C@@H]4O[C@@H](C)[C@@H](O)[C@@H](O)[C@@H]4O)[C@H](O)[C@H]3NC(C)=O)[C@H]2O)[C@@H]1O. The molecule has 0 spiro atoms. The number of carbonyl (C=O) groups excluding carboxylic acids is 5. The fourth-order valence-corrected chi connectivity index (χ4v) is 14.9. The first-order chi connectivity index (χ1) is 53.9. The van der Waals surface area contributed by atoms with Crippen LogP contribution in [0.1, 0.15) is 41.5 Å². The van der Waals surface area contributed by atoms with Crippen LogP contribution in [-0.4, -0.2) is 476 Å². The van der Waals surface area contributed by atoms with E-state index < -0.39 is 358 Å². The molecule has 9 heterocycles. The normalized spacial score (nSPS) is 48.2. The van der Waals surface area contributed by atoms with E-state index in [1.807, 2.05) is 0 Å². The Kier molecular flexibility index (Phi) is 33.6. The Bertz CT molecular complexity index is 3080. The third-order valence-corrected chi connectivity index (χ3v) is 20.7. The molecule has 9 rings (SSSR count). The van der Waals surface area contributed by atoms with Crippen LogP contribution in [0.25, 0.3) is 0 Å². The zero-order valence-corrected chi connectivity index (χ0v) is 61.9. The van der Waals surface area contributed by atoms with Gasteiger partial charge in [0.2, 0.25) is 29.5 Å². The van der Waals surface area contributed by atoms with Crippen molar-refractivity contribution in [2.45, 2.75) is 318 Å². The highest BCUT2D eigenvalue weighted by Crippen LogP contribution is 2.41. The average Bonchev–Trinajstić information content (AvgIpc) is 0.766. The monoisotopic (exact) mass is 1670 g/mol. The Morgan fingerprint density at radius 1 is 0.228 bits per heavy atom. The Balaban J connectivity index is 0.940. The Labute approximate surface area is 646 Å². The van der Waals surface area contributed by atoms with Crippen LogP contribution in [-0.2, 0) is 104 Å². The molecule has 50 nitrogen and oxygen atoms in total. The van der Waals surface area contributed by atoms with Gasteiger partial charge >= 0.3 is 0 Å². The van der Waals surface area contributed by atoms with Crippen molar-refractivity contribution in [3.63, 3.8) is 0 Å². The maximum absolute atomic E-state index is 13.1. The predicted molar refractivity (Wildman–Crippen MR) is 354 cm³/mol. The van der Waals surface area contributed by atoms with Crippen molar-refractivity contribution in [3.8, 4) is 0 Å². The predicted octanol–water partition coefficient (Wildman–Crippen LogP) is -18.9. The minimum absolute atomic E-state index is 0.763. The molecule has 658 valence electrons. The molecule has 9 aliphatic heterocycles. The lowest BCUT2D eigenvalue weighted by atomic mass is 9.93. The molecule has 114 heavy (non-hydrogen) atoms. The van der Waals surface area contributed by atoms with Gasteiger partial charge in [-0.15, -0.1) is 0 Å². The van der Waals surface area contributed by atoms with Gasteiger partial charge in [0.25, 0.3) is 0 Å². The van der Waals surface area contributed by atoms with Gasteiger partial charge < -0.3 is 225 Å². The molecule has 5 amide bonds. The van der Waals surface area contributed by atoms with Gasteiger partial charge in [0.1, 0.15) is 213 Å². The number of nitrogens with one attached hydrogen (secondary N) is 5. The van der Waals surface area contributed by atoms with Crippen molar-refractivity contribution in [2.75, 3.05) is 52.9 Å². The van der Waals surface area contributed by atoms with Crippen LogP contribution in [0.4, 0.5) is 0 Å². The molecule has 50 heteroatoms. The first-order valence-electron chi connectivity index (χ1n) is 36.5. The van der Waals surface area contributed by atoms with Gasteiger partial charge in [-0.1, -0.05) is 0 Å². The second-order valence-corrected chi connectivity index (χ2v) is 28.8. The maximum atomic E-state index is 13.1. The molecular weight excluding hydrogens is 1560 g/mol. The summed E-state index contributed by atoms with van der Waals surface area (Å²) in [5, 5.41) is 269. The number of aliphatic hydroxyl groups excluding tert-OH is 23. The Morgan fingerprint density at radius 3 is 0.851 bits per heavy atom. The molecule has 0 saturated carbocycles. The molecule has 0 aromatic rings. The number of aliphatic hydroxyl groups is 23. The van der Waals surface area contributed by atoms with Gasteiger partial charge in [-0.05, 0) is 6.92 Å². The van der Waals surface area contributed by atoms with Crippen molar-refractivity contribution in [1.82, 2.24) is 26.6 Å². The van der Waals surface area contributed by atoms with Crippen LogP contribution in [0.3, 0.4) is 0 Å². The highest BCUT2D eigenvalue weighted by molar-refractivity contribution is 5.75. The summed E-state index contributed by atoms with van der Waals surface area (Å²) in [6, 6.07) is -9.06. The van der Waals surface area contributed by atoms with Gasteiger partial charge in [-0.25, -0.2) is 0 Å². The number of hydrogen-bond donors (Lipinski definition) is 28. The zero-order chi connectivity index (χ0) is 84.1. The topological polar surface area (TPSA) is 768 Å². The van der Waals surface area contributed by atoms with Crippen molar-refractivity contribution in [2.24, 2.45) is 0 Å². The Hall–Kier alpha value is -4.25. The number of rotatable bonds is 29. The number of ether oxygens (including phenoxy) is 17. The minimum atomic E-state index is -2.40. The van der Waals surface area contributed by atoms with E-state index in [0.717, 1.165) is 34.6 Å². The van der Waals surface area contributed by atoms with E-state index in [2.05, 4.69) is 26.6 Å². The molecule has 0 aliphatic carbocycles. The van der Waals surface area contributed by atoms with Crippen molar-refractivity contribution in [3.05, 3.63) is 0 Å². The summed E-state index contributed by atoms with van der Waals surface area (Å²) < 4.78 is 101. The summed E-state index contributed by atoms with van der Waals surface area (Å²) in [5.41, 5.74) is 0. The van der Waals surface area contributed by atoms with Crippen molar-refractivity contribution < 1.29 is 222 Å². The highest BCUT2D eigenvalue weighted by atomic mass is 16.8. The quantitative estimate of drug-likeness (QED) is 0.0331. The maximum Gasteiger partial charge on any atom is 0.217 e. The highest BCUT2D eigenvalue weighted by Gasteiger charge is 2.62. The molecule has 0 aromatic heterocycles.